The quantitative estimate of drug-likeness (QED) is 0.651. The first-order valence-corrected chi connectivity index (χ1v) is 10.1. The average Bonchev–Trinajstić information content (AvgIpc) is 3.14. The summed E-state index contributed by atoms with van der Waals surface area (Å²) in [6, 6.07) is 10.1. The molecule has 6 nitrogen and oxygen atoms in total. The van der Waals surface area contributed by atoms with Gasteiger partial charge in [0.1, 0.15) is 5.75 Å². The molecular formula is C19H25NO5S. The molecule has 26 heavy (non-hydrogen) atoms. The van der Waals surface area contributed by atoms with Crippen molar-refractivity contribution < 1.29 is 21.8 Å². The largest absolute Gasteiger partial charge is 0.459 e. The molecule has 1 atom stereocenters. The molecule has 2 aromatic rings. The summed E-state index contributed by atoms with van der Waals surface area (Å²) in [7, 11) is -3.62. The van der Waals surface area contributed by atoms with E-state index in [9.17, 15) is 13.2 Å². The molecular weight excluding hydrogens is 354 g/mol. The van der Waals surface area contributed by atoms with E-state index in [0.29, 0.717) is 12.3 Å². The van der Waals surface area contributed by atoms with E-state index >= 15 is 0 Å². The monoisotopic (exact) mass is 379 g/mol. The van der Waals surface area contributed by atoms with Crippen LogP contribution in [0.1, 0.15) is 50.2 Å². The molecule has 0 saturated heterocycles. The van der Waals surface area contributed by atoms with Crippen molar-refractivity contribution in [1.82, 2.24) is 4.90 Å². The third kappa shape index (κ3) is 4.88. The van der Waals surface area contributed by atoms with E-state index in [2.05, 4.69) is 0 Å². The number of benzene rings is 1. The topological polar surface area (TPSA) is 76.8 Å². The zero-order chi connectivity index (χ0) is 19.3. The Morgan fingerprint density at radius 3 is 2.31 bits per heavy atom. The van der Waals surface area contributed by atoms with Gasteiger partial charge in [0.2, 0.25) is 0 Å². The van der Waals surface area contributed by atoms with Crippen LogP contribution in [-0.2, 0) is 16.7 Å². The van der Waals surface area contributed by atoms with Crippen LogP contribution in [-0.4, -0.2) is 30.5 Å². The molecule has 142 valence electrons. The zero-order valence-corrected chi connectivity index (χ0v) is 16.3. The van der Waals surface area contributed by atoms with E-state index < -0.39 is 15.4 Å². The highest BCUT2D eigenvalue weighted by atomic mass is 32.2. The molecule has 0 N–H and O–H groups in total. The van der Waals surface area contributed by atoms with Crippen LogP contribution in [0, 0.1) is 0 Å². The number of hydrogen-bond donors (Lipinski definition) is 0. The maximum atomic E-state index is 12.7. The summed E-state index contributed by atoms with van der Waals surface area (Å²) in [5.74, 6) is 0.384. The summed E-state index contributed by atoms with van der Waals surface area (Å²) in [4.78, 5) is 14.4. The van der Waals surface area contributed by atoms with Crippen LogP contribution in [0.4, 0.5) is 0 Å². The number of hydrogen-bond acceptors (Lipinski definition) is 5. The predicted octanol–water partition coefficient (Wildman–Crippen LogP) is 3.84. The van der Waals surface area contributed by atoms with E-state index in [0.717, 1.165) is 12.0 Å². The Morgan fingerprint density at radius 1 is 1.15 bits per heavy atom. The van der Waals surface area contributed by atoms with Gasteiger partial charge in [-0.25, -0.2) is 0 Å². The van der Waals surface area contributed by atoms with Crippen LogP contribution >= 0.6 is 0 Å². The highest BCUT2D eigenvalue weighted by Gasteiger charge is 2.23. The van der Waals surface area contributed by atoms with Crippen molar-refractivity contribution in [3.05, 3.63) is 54.0 Å². The molecule has 0 fully saturated rings. The molecule has 2 rings (SSSR count). The van der Waals surface area contributed by atoms with Crippen LogP contribution in [0.25, 0.3) is 0 Å². The Bertz CT molecular complexity index is 810. The van der Waals surface area contributed by atoms with Crippen LogP contribution in [0.3, 0.4) is 0 Å². The lowest BCUT2D eigenvalue weighted by Crippen LogP contribution is -2.37. The minimum atomic E-state index is -3.62. The van der Waals surface area contributed by atoms with Crippen molar-refractivity contribution >= 4 is 16.0 Å². The Labute approximate surface area is 154 Å². The third-order valence-corrected chi connectivity index (χ3v) is 5.76. The highest BCUT2D eigenvalue weighted by molar-refractivity contribution is 7.87. The number of rotatable bonds is 8. The van der Waals surface area contributed by atoms with Gasteiger partial charge >= 0.3 is 10.1 Å². The third-order valence-electron chi connectivity index (χ3n) is 4.18. The molecule has 1 heterocycles. The second kappa shape index (κ2) is 8.40. The van der Waals surface area contributed by atoms with Gasteiger partial charge in [0, 0.05) is 12.6 Å². The van der Waals surface area contributed by atoms with Gasteiger partial charge in [0.25, 0.3) is 5.91 Å². The molecule has 7 heteroatoms. The number of furan rings is 1. The summed E-state index contributed by atoms with van der Waals surface area (Å²) in [5, 5.41) is -0.617. The van der Waals surface area contributed by atoms with E-state index in [1.165, 1.54) is 6.26 Å². The minimum absolute atomic E-state index is 0.0323. The molecule has 0 aliphatic rings. The fraction of sp³-hybridized carbons (Fsp3) is 0.421. The fourth-order valence-electron chi connectivity index (χ4n) is 2.27. The van der Waals surface area contributed by atoms with E-state index in [1.54, 1.807) is 55.1 Å². The molecule has 1 aromatic heterocycles. The maximum Gasteiger partial charge on any atom is 0.311 e. The molecule has 0 spiro atoms. The number of amides is 1. The first kappa shape index (κ1) is 20.0. The van der Waals surface area contributed by atoms with Crippen LogP contribution < -0.4 is 4.18 Å². The molecule has 1 amide bonds. The van der Waals surface area contributed by atoms with Crippen molar-refractivity contribution in [1.29, 1.82) is 0 Å². The Balaban J connectivity index is 2.15. The van der Waals surface area contributed by atoms with Crippen LogP contribution in [0.2, 0.25) is 0 Å². The molecule has 1 aromatic carbocycles. The van der Waals surface area contributed by atoms with Gasteiger partial charge in [-0.05, 0) is 57.0 Å². The zero-order valence-electron chi connectivity index (χ0n) is 15.5. The normalized spacial score (nSPS) is 12.8. The lowest BCUT2D eigenvalue weighted by atomic mass is 10.1. The van der Waals surface area contributed by atoms with Crippen molar-refractivity contribution in [2.45, 2.75) is 52.0 Å². The van der Waals surface area contributed by atoms with Crippen LogP contribution in [0.5, 0.6) is 5.75 Å². The number of nitrogens with zero attached hydrogens (tertiary/aromatic N) is 1. The highest BCUT2D eigenvalue weighted by Crippen LogP contribution is 2.20. The summed E-state index contributed by atoms with van der Waals surface area (Å²) >= 11 is 0. The van der Waals surface area contributed by atoms with Gasteiger partial charge in [-0.2, -0.15) is 8.42 Å². The van der Waals surface area contributed by atoms with E-state index in [-0.39, 0.29) is 17.7 Å². The lowest BCUT2D eigenvalue weighted by molar-refractivity contribution is 0.0638. The summed E-state index contributed by atoms with van der Waals surface area (Å²) < 4.78 is 34.0. The SMILES string of the molecule is CC[C@H](C)N(Cc1ccc(OS(=O)(=O)C(C)C)cc1)C(=O)c1ccco1. The van der Waals surface area contributed by atoms with Crippen LogP contribution in [0.15, 0.2) is 47.1 Å². The van der Waals surface area contributed by atoms with Crippen molar-refractivity contribution in [3.8, 4) is 5.75 Å². The fourth-order valence-corrected chi connectivity index (χ4v) is 2.84. The standard InChI is InChI=1S/C19H25NO5S/c1-5-15(4)20(19(21)18-7-6-12-24-18)13-16-8-10-17(11-9-16)25-26(22,23)14(2)3/h6-12,14-15H,5,13H2,1-4H3/t15-/m0/s1. The minimum Gasteiger partial charge on any atom is -0.459 e. The van der Waals surface area contributed by atoms with Gasteiger partial charge < -0.3 is 13.5 Å². The first-order chi connectivity index (χ1) is 12.2. The van der Waals surface area contributed by atoms with Crippen molar-refractivity contribution in [2.24, 2.45) is 0 Å². The predicted molar refractivity (Wildman–Crippen MR) is 99.5 cm³/mol. The average molecular weight is 379 g/mol. The summed E-state index contributed by atoms with van der Waals surface area (Å²) in [5.41, 5.74) is 0.875. The molecule has 0 saturated carbocycles. The number of carbonyl (C=O) groups is 1. The molecule has 0 radical (unpaired) electrons. The molecule has 0 unspecified atom stereocenters. The Kier molecular flexibility index (Phi) is 6.47. The van der Waals surface area contributed by atoms with Crippen molar-refractivity contribution in [3.63, 3.8) is 0 Å². The molecule has 0 bridgehead atoms. The second-order valence-electron chi connectivity index (χ2n) is 6.44. The first-order valence-electron chi connectivity index (χ1n) is 8.61. The smallest absolute Gasteiger partial charge is 0.311 e. The van der Waals surface area contributed by atoms with Gasteiger partial charge in [0.15, 0.2) is 5.76 Å². The second-order valence-corrected chi connectivity index (χ2v) is 8.53. The Hall–Kier alpha value is -2.28. The van der Waals surface area contributed by atoms with Gasteiger partial charge in [-0.15, -0.1) is 0 Å². The van der Waals surface area contributed by atoms with Crippen molar-refractivity contribution in [2.75, 3.05) is 0 Å². The maximum absolute atomic E-state index is 12.7. The van der Waals surface area contributed by atoms with E-state index in [1.807, 2.05) is 13.8 Å². The molecule has 0 aliphatic heterocycles. The van der Waals surface area contributed by atoms with Gasteiger partial charge in [0.05, 0.1) is 11.5 Å². The summed E-state index contributed by atoms with van der Waals surface area (Å²) in [6.07, 6.45) is 2.28. The van der Waals surface area contributed by atoms with Gasteiger partial charge in [-0.3, -0.25) is 4.79 Å². The Morgan fingerprint density at radius 2 is 1.81 bits per heavy atom. The number of carbonyl (C=O) groups excluding carboxylic acids is 1. The van der Waals surface area contributed by atoms with E-state index in [4.69, 9.17) is 8.60 Å². The lowest BCUT2D eigenvalue weighted by Gasteiger charge is -2.28. The summed E-state index contributed by atoms with van der Waals surface area (Å²) in [6.45, 7) is 7.52. The van der Waals surface area contributed by atoms with Gasteiger partial charge in [-0.1, -0.05) is 19.1 Å². The molecule has 0 aliphatic carbocycles.